The minimum atomic E-state index is -0.723. The highest BCUT2D eigenvalue weighted by molar-refractivity contribution is 6.31. The zero-order chi connectivity index (χ0) is 39.8. The van der Waals surface area contributed by atoms with Crippen LogP contribution in [0.5, 0.6) is 0 Å². The highest BCUT2D eigenvalue weighted by atomic mass is 35.5. The highest BCUT2D eigenvalue weighted by Crippen LogP contribution is 2.53. The lowest BCUT2D eigenvalue weighted by Crippen LogP contribution is -2.52. The number of hydrogen-bond donors (Lipinski definition) is 4. The second kappa shape index (κ2) is 16.0. The van der Waals surface area contributed by atoms with Crippen LogP contribution in [0.3, 0.4) is 0 Å². The number of fused-ring (bicyclic) bond motifs is 1. The van der Waals surface area contributed by atoms with E-state index in [-0.39, 0.29) is 41.8 Å². The minimum Gasteiger partial charge on any atom is -0.453 e. The summed E-state index contributed by atoms with van der Waals surface area (Å²) in [6, 6.07) is 14.5. The van der Waals surface area contributed by atoms with E-state index in [1.54, 1.807) is 4.90 Å². The first kappa shape index (κ1) is 38.9. The van der Waals surface area contributed by atoms with Crippen LogP contribution in [-0.4, -0.2) is 92.6 Å². The number of methoxy groups -OCH3 is 2. The van der Waals surface area contributed by atoms with E-state index in [0.29, 0.717) is 29.1 Å². The van der Waals surface area contributed by atoms with Crippen molar-refractivity contribution in [2.45, 2.75) is 83.6 Å². The van der Waals surface area contributed by atoms with E-state index < -0.39 is 24.3 Å². The third-order valence-corrected chi connectivity index (χ3v) is 11.5. The molecule has 3 fully saturated rings. The van der Waals surface area contributed by atoms with Crippen molar-refractivity contribution >= 4 is 35.6 Å². The van der Waals surface area contributed by atoms with E-state index in [9.17, 15) is 19.2 Å². The number of piperidine rings is 1. The molecule has 6 atom stereocenters. The van der Waals surface area contributed by atoms with E-state index in [1.807, 2.05) is 75.2 Å². The van der Waals surface area contributed by atoms with Gasteiger partial charge in [0.2, 0.25) is 11.8 Å². The van der Waals surface area contributed by atoms with Crippen LogP contribution in [0.1, 0.15) is 77.1 Å². The van der Waals surface area contributed by atoms with Gasteiger partial charge in [0.15, 0.2) is 0 Å². The van der Waals surface area contributed by atoms with Gasteiger partial charge >= 0.3 is 12.2 Å². The smallest absolute Gasteiger partial charge is 0.407 e. The van der Waals surface area contributed by atoms with Crippen LogP contribution in [0.4, 0.5) is 9.59 Å². The molecule has 2 saturated heterocycles. The first-order chi connectivity index (χ1) is 26.9. The van der Waals surface area contributed by atoms with Gasteiger partial charge in [0.05, 0.1) is 38.2 Å². The third kappa shape index (κ3) is 7.71. The Kier molecular flexibility index (Phi) is 11.1. The van der Waals surface area contributed by atoms with Crippen molar-refractivity contribution in [2.24, 2.45) is 17.8 Å². The predicted molar refractivity (Wildman–Crippen MR) is 210 cm³/mol. The molecule has 3 aliphatic rings. The quantitative estimate of drug-likeness (QED) is 0.127. The van der Waals surface area contributed by atoms with E-state index in [4.69, 9.17) is 31.0 Å². The monoisotopic (exact) mass is 784 g/mol. The lowest BCUT2D eigenvalue weighted by atomic mass is 10.0. The maximum absolute atomic E-state index is 13.8. The number of likely N-dealkylation sites (tertiary alicyclic amines) is 2. The number of ether oxygens (including phenoxy) is 2. The van der Waals surface area contributed by atoms with Crippen molar-refractivity contribution < 1.29 is 28.7 Å². The molecule has 14 nitrogen and oxygen atoms in total. The van der Waals surface area contributed by atoms with Gasteiger partial charge in [-0.25, -0.2) is 19.6 Å². The Hall–Kier alpha value is -5.37. The first-order valence-corrected chi connectivity index (χ1v) is 19.6. The maximum Gasteiger partial charge on any atom is 0.407 e. The van der Waals surface area contributed by atoms with Gasteiger partial charge in [-0.1, -0.05) is 87.8 Å². The summed E-state index contributed by atoms with van der Waals surface area (Å²) in [5.41, 5.74) is 5.30. The second-order valence-corrected chi connectivity index (χ2v) is 16.0. The fraction of sp³-hybridized carbons (Fsp3) is 0.463. The third-order valence-electron chi connectivity index (χ3n) is 11.3. The number of imidazole rings is 2. The van der Waals surface area contributed by atoms with Crippen molar-refractivity contribution in [1.29, 1.82) is 0 Å². The predicted octanol–water partition coefficient (Wildman–Crippen LogP) is 6.87. The average Bonchev–Trinajstić information content (AvgIpc) is 3.68. The summed E-state index contributed by atoms with van der Waals surface area (Å²) >= 11 is 6.70. The van der Waals surface area contributed by atoms with Crippen molar-refractivity contribution in [3.8, 4) is 33.6 Å². The molecule has 4 heterocycles. The van der Waals surface area contributed by atoms with Gasteiger partial charge in [0.1, 0.15) is 34.6 Å². The molecule has 2 aromatic heterocycles. The van der Waals surface area contributed by atoms with Gasteiger partial charge < -0.3 is 39.9 Å². The number of benzene rings is 2. The molecule has 15 heteroatoms. The molecule has 4 aromatic rings. The summed E-state index contributed by atoms with van der Waals surface area (Å²) in [4.78, 5) is 71.3. The SMILES string of the molecule is COC(=O)N[C@H](C(=O)N1CCC[C@H]1c1nc(-c2ccc(-c3ccc(-c4cnc([C@@H]5C[C@H]6C[C@H]6N5C(=O)[C@@H](NC(=O)OC)C(C)C)[nH]4)cc3)cc2)c(Cl)[nH]1)C(C)C. The molecule has 4 amide bonds. The standard InChI is InChI=1S/C41H49ClN8O6/c1-21(2)32(46-40(53)55-5)38(51)49-17-7-8-29(49)37-45-34(35(42)48-37)26-15-11-24(12-16-26)23-9-13-25(14-10-23)28-20-43-36(44-28)31-19-27-18-30(27)50(31)39(52)33(22(3)4)47-41(54)56-6/h9-16,20-22,27,29-33H,7-8,17-19H2,1-6H3,(H,43,44)(H,45,48)(H,46,53)(H,47,54)/t27-,29+,30-,31+,32+,33+/m1/s1. The van der Waals surface area contributed by atoms with Gasteiger partial charge in [0.25, 0.3) is 0 Å². The number of amides is 4. The summed E-state index contributed by atoms with van der Waals surface area (Å²) in [6.45, 7) is 8.14. The average molecular weight is 785 g/mol. The summed E-state index contributed by atoms with van der Waals surface area (Å²) in [7, 11) is 2.57. The Balaban J connectivity index is 1.02. The summed E-state index contributed by atoms with van der Waals surface area (Å²) < 4.78 is 9.54. The summed E-state index contributed by atoms with van der Waals surface area (Å²) in [6.07, 6.45) is 3.88. The zero-order valence-electron chi connectivity index (χ0n) is 32.5. The number of rotatable bonds is 11. The van der Waals surface area contributed by atoms with Crippen molar-refractivity contribution in [3.63, 3.8) is 0 Å². The Bertz CT molecular complexity index is 2080. The van der Waals surface area contributed by atoms with Crippen LogP contribution >= 0.6 is 11.6 Å². The van der Waals surface area contributed by atoms with Crippen molar-refractivity contribution in [2.75, 3.05) is 20.8 Å². The second-order valence-electron chi connectivity index (χ2n) is 15.6. The Morgan fingerprint density at radius 2 is 1.34 bits per heavy atom. The number of aromatic amines is 2. The molecular formula is C41H49ClN8O6. The van der Waals surface area contributed by atoms with E-state index in [2.05, 4.69) is 32.7 Å². The van der Waals surface area contributed by atoms with Crippen LogP contribution in [-0.2, 0) is 19.1 Å². The van der Waals surface area contributed by atoms with Crippen molar-refractivity contribution in [1.82, 2.24) is 40.4 Å². The first-order valence-electron chi connectivity index (χ1n) is 19.2. The number of carbonyl (C=O) groups is 4. The Morgan fingerprint density at radius 3 is 1.93 bits per heavy atom. The van der Waals surface area contributed by atoms with Gasteiger partial charge in [-0.2, -0.15) is 0 Å². The fourth-order valence-electron chi connectivity index (χ4n) is 8.10. The lowest BCUT2D eigenvalue weighted by Gasteiger charge is -2.31. The molecule has 2 aliphatic heterocycles. The number of nitrogens with one attached hydrogen (secondary N) is 4. The molecule has 0 bridgehead atoms. The van der Waals surface area contributed by atoms with E-state index in [0.717, 1.165) is 59.5 Å². The van der Waals surface area contributed by atoms with Gasteiger partial charge in [0, 0.05) is 18.2 Å². The highest BCUT2D eigenvalue weighted by Gasteiger charge is 2.56. The largest absolute Gasteiger partial charge is 0.453 e. The number of carbonyl (C=O) groups excluding carboxylic acids is 4. The van der Waals surface area contributed by atoms with Gasteiger partial charge in [-0.15, -0.1) is 0 Å². The number of aromatic nitrogens is 4. The van der Waals surface area contributed by atoms with Crippen LogP contribution < -0.4 is 10.6 Å². The normalized spacial score (nSPS) is 21.2. The van der Waals surface area contributed by atoms with Gasteiger partial charge in [-0.3, -0.25) is 9.59 Å². The molecule has 1 saturated carbocycles. The van der Waals surface area contributed by atoms with Crippen LogP contribution in [0.25, 0.3) is 33.6 Å². The lowest BCUT2D eigenvalue weighted by molar-refractivity contribution is -0.137. The fourth-order valence-corrected chi connectivity index (χ4v) is 8.35. The van der Waals surface area contributed by atoms with Crippen LogP contribution in [0, 0.1) is 17.8 Å². The molecule has 0 radical (unpaired) electrons. The minimum absolute atomic E-state index is 0.104. The molecule has 2 aromatic carbocycles. The molecule has 56 heavy (non-hydrogen) atoms. The van der Waals surface area contributed by atoms with E-state index >= 15 is 0 Å². The topological polar surface area (TPSA) is 175 Å². The summed E-state index contributed by atoms with van der Waals surface area (Å²) in [5.74, 6) is 1.26. The van der Waals surface area contributed by atoms with Crippen LogP contribution in [0.15, 0.2) is 54.7 Å². The number of H-pyrrole nitrogens is 2. The maximum atomic E-state index is 13.8. The number of alkyl carbamates (subject to hydrolysis) is 2. The molecule has 0 unspecified atom stereocenters. The van der Waals surface area contributed by atoms with E-state index in [1.165, 1.54) is 14.2 Å². The molecule has 4 N–H and O–H groups in total. The zero-order valence-corrected chi connectivity index (χ0v) is 33.2. The summed E-state index contributed by atoms with van der Waals surface area (Å²) in [5, 5.41) is 5.80. The molecule has 1 aliphatic carbocycles. The number of hydrogen-bond acceptors (Lipinski definition) is 8. The van der Waals surface area contributed by atoms with Crippen molar-refractivity contribution in [3.05, 3.63) is 71.5 Å². The van der Waals surface area contributed by atoms with Crippen LogP contribution in [0.2, 0.25) is 5.15 Å². The number of nitrogens with zero attached hydrogens (tertiary/aromatic N) is 4. The molecule has 0 spiro atoms. The molecule has 7 rings (SSSR count). The van der Waals surface area contributed by atoms with Gasteiger partial charge in [-0.05, 0) is 60.1 Å². The molecular weight excluding hydrogens is 736 g/mol. The Morgan fingerprint density at radius 1 is 0.768 bits per heavy atom. The molecule has 296 valence electrons. The Labute approximate surface area is 331 Å². The number of halogens is 1.